The Morgan fingerprint density at radius 2 is 1.10 bits per heavy atom. The molecule has 0 saturated carbocycles. The van der Waals surface area contributed by atoms with Crippen LogP contribution in [0.5, 0.6) is 0 Å². The van der Waals surface area contributed by atoms with Crippen LogP contribution in [0.3, 0.4) is 0 Å². The minimum absolute atomic E-state index is 0. The Labute approximate surface area is 183 Å². The van der Waals surface area contributed by atoms with Crippen molar-refractivity contribution in [1.82, 2.24) is 0 Å². The molecule has 2 radical (unpaired) electrons. The molecule has 0 unspecified atom stereocenters. The van der Waals surface area contributed by atoms with E-state index >= 15 is 0 Å². The molecular weight excluding hydrogens is 442 g/mol. The van der Waals surface area contributed by atoms with Gasteiger partial charge in [-0.05, 0) is 12.6 Å². The first-order valence-corrected chi connectivity index (χ1v) is 8.03. The van der Waals surface area contributed by atoms with E-state index in [1.165, 1.54) is 36.9 Å². The van der Waals surface area contributed by atoms with Gasteiger partial charge in [-0.15, -0.1) is 0 Å². The number of unbranched alkanes of at least 4 members (excludes halogenated alkanes) is 2. The van der Waals surface area contributed by atoms with Crippen molar-refractivity contribution in [3.8, 4) is 0 Å². The quantitative estimate of drug-likeness (QED) is 0.222. The Bertz CT molecular complexity index is 160. The van der Waals surface area contributed by atoms with E-state index in [9.17, 15) is 0 Å². The molecule has 0 saturated heterocycles. The van der Waals surface area contributed by atoms with Gasteiger partial charge in [0.15, 0.2) is 0 Å². The normalized spacial score (nSPS) is 7.10. The summed E-state index contributed by atoms with van der Waals surface area (Å²) in [6.45, 7) is 13.7. The molecule has 0 aromatic carbocycles. The van der Waals surface area contributed by atoms with Crippen molar-refractivity contribution in [2.45, 2.75) is 25.7 Å². The van der Waals surface area contributed by atoms with E-state index in [0.29, 0.717) is 0 Å². The van der Waals surface area contributed by atoms with Gasteiger partial charge in [0.25, 0.3) is 0 Å². The van der Waals surface area contributed by atoms with Gasteiger partial charge in [0.05, 0.1) is 0 Å². The van der Waals surface area contributed by atoms with Crippen LogP contribution in [0.25, 0.3) is 0 Å². The molecule has 112 valence electrons. The van der Waals surface area contributed by atoms with E-state index in [-0.39, 0.29) is 65.4 Å². The molecule has 20 heavy (non-hydrogen) atoms. The van der Waals surface area contributed by atoms with Crippen molar-refractivity contribution in [3.05, 3.63) is 39.2 Å². The van der Waals surface area contributed by atoms with Crippen LogP contribution in [0.4, 0.5) is 0 Å². The van der Waals surface area contributed by atoms with E-state index < -0.39 is 0 Å². The standard InChI is InChI=1S/C8H16S2.2C3H3O.2Y/c1-3-5-7-9-10-8-6-4-2;2*1-2-3-4;;/h1-8H2;2*2H,1H2;;/q-2;2*-1;;. The van der Waals surface area contributed by atoms with E-state index in [1.807, 2.05) is 21.6 Å². The molecule has 0 amide bonds. The Hall–Kier alpha value is 1.73. The van der Waals surface area contributed by atoms with Crippen LogP contribution in [0.15, 0.2) is 25.3 Å². The van der Waals surface area contributed by atoms with Crippen LogP contribution in [0, 0.1) is 13.8 Å². The number of hydrogen-bond donors (Lipinski definition) is 0. The second-order valence-electron chi connectivity index (χ2n) is 2.70. The second kappa shape index (κ2) is 42.8. The summed E-state index contributed by atoms with van der Waals surface area (Å²) in [5, 5.41) is 0. The van der Waals surface area contributed by atoms with E-state index in [0.717, 1.165) is 25.0 Å². The largest absolute Gasteiger partial charge is 0.419 e. The Morgan fingerprint density at radius 3 is 1.25 bits per heavy atom. The fourth-order valence-electron chi connectivity index (χ4n) is 0.440. The number of hydrogen-bond acceptors (Lipinski definition) is 4. The molecule has 0 aromatic heterocycles. The first-order chi connectivity index (χ1) is 8.74. The van der Waals surface area contributed by atoms with E-state index in [1.54, 1.807) is 0 Å². The van der Waals surface area contributed by atoms with Crippen LogP contribution in [-0.4, -0.2) is 24.1 Å². The van der Waals surface area contributed by atoms with Crippen molar-refractivity contribution in [2.75, 3.05) is 11.5 Å². The van der Waals surface area contributed by atoms with Gasteiger partial charge in [0.1, 0.15) is 0 Å². The molecule has 2 nitrogen and oxygen atoms in total. The van der Waals surface area contributed by atoms with Gasteiger partial charge < -0.3 is 23.4 Å². The van der Waals surface area contributed by atoms with Gasteiger partial charge in [0, 0.05) is 76.9 Å². The molecule has 0 rings (SSSR count). The molecule has 0 aliphatic rings. The SMILES string of the molecule is C=C[C-]=O.C=C[C-]=O.[CH2-]CCCSSCCC[CH2-].[Y].[Y]. The number of carbonyl (C=O) groups excluding carboxylic acids is 2. The maximum atomic E-state index is 8.93. The van der Waals surface area contributed by atoms with Crippen molar-refractivity contribution in [2.24, 2.45) is 0 Å². The van der Waals surface area contributed by atoms with Gasteiger partial charge in [-0.1, -0.05) is 34.4 Å². The average Bonchev–Trinajstić information content (AvgIpc) is 2.43. The minimum Gasteiger partial charge on any atom is -0.419 e. The third-order valence-corrected chi connectivity index (χ3v) is 3.78. The first kappa shape index (κ1) is 33.4. The molecule has 0 aliphatic carbocycles. The third-order valence-electron chi connectivity index (χ3n) is 1.21. The maximum Gasteiger partial charge on any atom is 0.00126 e. The van der Waals surface area contributed by atoms with Gasteiger partial charge >= 0.3 is 0 Å². The van der Waals surface area contributed by atoms with Crippen LogP contribution in [-0.2, 0) is 75.0 Å². The fraction of sp³-hybridized carbons (Fsp3) is 0.429. The van der Waals surface area contributed by atoms with Crippen LogP contribution < -0.4 is 0 Å². The molecule has 0 bridgehead atoms. The summed E-state index contributed by atoms with van der Waals surface area (Å²) in [6, 6.07) is 0. The minimum atomic E-state index is 0. The summed E-state index contributed by atoms with van der Waals surface area (Å²) in [5.41, 5.74) is 0. The topological polar surface area (TPSA) is 34.1 Å². The van der Waals surface area contributed by atoms with Crippen molar-refractivity contribution in [3.63, 3.8) is 0 Å². The zero-order valence-electron chi connectivity index (χ0n) is 12.0. The second-order valence-corrected chi connectivity index (χ2v) is 5.40. The molecule has 0 heterocycles. The van der Waals surface area contributed by atoms with Crippen molar-refractivity contribution < 1.29 is 75.0 Å². The Kier molecular flexibility index (Phi) is 71.4. The van der Waals surface area contributed by atoms with Gasteiger partial charge in [0.2, 0.25) is 0 Å². The molecule has 6 heteroatoms. The fourth-order valence-corrected chi connectivity index (χ4v) is 2.73. The molecular formula is C14H22O2S2Y2-4. The van der Waals surface area contributed by atoms with Crippen LogP contribution >= 0.6 is 21.6 Å². The molecule has 0 aromatic rings. The molecule has 0 aliphatic heterocycles. The van der Waals surface area contributed by atoms with Gasteiger partial charge in [-0.3, -0.25) is 0 Å². The summed E-state index contributed by atoms with van der Waals surface area (Å²) in [4.78, 5) is 17.9. The van der Waals surface area contributed by atoms with Crippen molar-refractivity contribution >= 4 is 34.2 Å². The monoisotopic (exact) mass is 464 g/mol. The maximum absolute atomic E-state index is 8.93. The molecule has 0 spiro atoms. The van der Waals surface area contributed by atoms with Crippen LogP contribution in [0.1, 0.15) is 25.7 Å². The summed E-state index contributed by atoms with van der Waals surface area (Å²) in [7, 11) is 3.93. The summed E-state index contributed by atoms with van der Waals surface area (Å²) in [6.07, 6.45) is 9.68. The average molecular weight is 464 g/mol. The molecule has 0 fully saturated rings. The zero-order valence-corrected chi connectivity index (χ0v) is 19.3. The third kappa shape index (κ3) is 60.1. The summed E-state index contributed by atoms with van der Waals surface area (Å²) in [5.74, 6) is 2.51. The number of rotatable bonds is 9. The number of allylic oxidation sites excluding steroid dienone is 2. The zero-order chi connectivity index (χ0) is 14.5. The molecule has 0 N–H and O–H groups in total. The van der Waals surface area contributed by atoms with Crippen molar-refractivity contribution in [1.29, 1.82) is 0 Å². The predicted octanol–water partition coefficient (Wildman–Crippen LogP) is 4.16. The smallest absolute Gasteiger partial charge is 0.00126 e. The summed E-state index contributed by atoms with van der Waals surface area (Å²) < 4.78 is 0. The van der Waals surface area contributed by atoms with Crippen LogP contribution in [0.2, 0.25) is 0 Å². The Balaban J connectivity index is -0.0000000637. The van der Waals surface area contributed by atoms with E-state index in [4.69, 9.17) is 9.59 Å². The molecule has 0 atom stereocenters. The Morgan fingerprint density at radius 1 is 0.850 bits per heavy atom. The first-order valence-electron chi connectivity index (χ1n) is 5.55. The van der Waals surface area contributed by atoms with E-state index in [2.05, 4.69) is 27.0 Å². The van der Waals surface area contributed by atoms with Gasteiger partial charge in [-0.25, -0.2) is 25.3 Å². The van der Waals surface area contributed by atoms with Gasteiger partial charge in [-0.2, -0.15) is 12.8 Å². The predicted molar refractivity (Wildman–Crippen MR) is 85.9 cm³/mol. The summed E-state index contributed by atoms with van der Waals surface area (Å²) >= 11 is 0.